The summed E-state index contributed by atoms with van der Waals surface area (Å²) in [5.74, 6) is -3.66. The Morgan fingerprint density at radius 2 is 1.38 bits per heavy atom. The number of benzene rings is 4. The van der Waals surface area contributed by atoms with Crippen LogP contribution >= 0.6 is 0 Å². The molecular weight excluding hydrogens is 568 g/mol. The number of hydrogen-bond acceptors (Lipinski definition) is 5. The molecule has 0 aromatic heterocycles. The highest BCUT2D eigenvalue weighted by molar-refractivity contribution is 6.22. The van der Waals surface area contributed by atoms with E-state index < -0.39 is 35.1 Å². The second-order valence-electron chi connectivity index (χ2n) is 11.3. The van der Waals surface area contributed by atoms with Crippen molar-refractivity contribution in [1.82, 2.24) is 4.90 Å². The van der Waals surface area contributed by atoms with Crippen molar-refractivity contribution in [3.8, 4) is 5.75 Å². The Morgan fingerprint density at radius 1 is 0.822 bits per heavy atom. The summed E-state index contributed by atoms with van der Waals surface area (Å²) in [5, 5.41) is 0. The van der Waals surface area contributed by atoms with Crippen molar-refractivity contribution in [2.45, 2.75) is 19.4 Å². The molecule has 230 valence electrons. The number of ether oxygens (including phenoxy) is 1. The summed E-state index contributed by atoms with van der Waals surface area (Å²) in [4.78, 5) is 61.3. The molecule has 2 unspecified atom stereocenters. The Kier molecular flexibility index (Phi) is 8.72. The topological polar surface area (TPSA) is 113 Å². The molecule has 4 aromatic rings. The Morgan fingerprint density at radius 3 is 1.93 bits per heavy atom. The minimum atomic E-state index is -1.72. The fourth-order valence-corrected chi connectivity index (χ4v) is 6.12. The summed E-state index contributed by atoms with van der Waals surface area (Å²) < 4.78 is 5.36. The van der Waals surface area contributed by atoms with Gasteiger partial charge in [0.2, 0.25) is 17.7 Å². The Bertz CT molecular complexity index is 1710. The molecule has 0 saturated heterocycles. The maximum Gasteiger partial charge on any atom is 0.253 e. The number of methoxy groups -OCH3 is 1. The van der Waals surface area contributed by atoms with E-state index in [2.05, 4.69) is 0 Å². The molecule has 1 aliphatic rings. The standard InChI is InChI=1S/C36H36N4O5/c1-24(2)36(35(37)44,26-19-21-28(45-4)22-20-26)40-31-18-12-11-17-30(31)39(27-15-9-6-10-16-27)33(42)29(34(40)43)23-38(3)32(41)25-13-7-5-8-14-25/h5-22,24,29H,23H2,1-4H3,(H2,37,44). The number of rotatable bonds is 9. The molecule has 0 aliphatic carbocycles. The van der Waals surface area contributed by atoms with Crippen LogP contribution in [0.25, 0.3) is 0 Å². The normalized spacial score (nSPS) is 16.1. The first-order valence-corrected chi connectivity index (χ1v) is 14.7. The summed E-state index contributed by atoms with van der Waals surface area (Å²) in [6.45, 7) is 3.38. The van der Waals surface area contributed by atoms with Crippen LogP contribution in [0.4, 0.5) is 17.1 Å². The summed E-state index contributed by atoms with van der Waals surface area (Å²) in [5.41, 5.74) is 6.73. The smallest absolute Gasteiger partial charge is 0.253 e. The van der Waals surface area contributed by atoms with Crippen molar-refractivity contribution in [1.29, 1.82) is 0 Å². The van der Waals surface area contributed by atoms with E-state index >= 15 is 4.79 Å². The highest BCUT2D eigenvalue weighted by atomic mass is 16.5. The summed E-state index contributed by atoms with van der Waals surface area (Å²) in [7, 11) is 3.09. The van der Waals surface area contributed by atoms with Gasteiger partial charge < -0.3 is 15.4 Å². The first-order valence-electron chi connectivity index (χ1n) is 14.7. The highest BCUT2D eigenvalue weighted by Gasteiger charge is 2.55. The zero-order valence-electron chi connectivity index (χ0n) is 25.7. The minimum absolute atomic E-state index is 0.241. The molecule has 9 nitrogen and oxygen atoms in total. The van der Waals surface area contributed by atoms with Crippen LogP contribution in [-0.4, -0.2) is 49.2 Å². The van der Waals surface area contributed by atoms with Crippen molar-refractivity contribution in [3.63, 3.8) is 0 Å². The lowest BCUT2D eigenvalue weighted by atomic mass is 9.76. The average Bonchev–Trinajstić information content (AvgIpc) is 3.14. The average molecular weight is 605 g/mol. The lowest BCUT2D eigenvalue weighted by Gasteiger charge is -2.45. The lowest BCUT2D eigenvalue weighted by molar-refractivity contribution is -0.136. The number of anilines is 3. The third kappa shape index (κ3) is 5.42. The lowest BCUT2D eigenvalue weighted by Crippen LogP contribution is -2.62. The van der Waals surface area contributed by atoms with E-state index in [-0.39, 0.29) is 12.5 Å². The van der Waals surface area contributed by atoms with Crippen LogP contribution in [0.3, 0.4) is 0 Å². The molecule has 0 spiro atoms. The van der Waals surface area contributed by atoms with E-state index in [1.165, 1.54) is 21.8 Å². The SMILES string of the molecule is COc1ccc(C(C(N)=O)(C(C)C)N2C(=O)C(CN(C)C(=O)c3ccccc3)C(=O)N(c3ccccc3)c3ccccc32)cc1. The first-order chi connectivity index (χ1) is 21.6. The first kappa shape index (κ1) is 31.0. The van der Waals surface area contributed by atoms with Crippen LogP contribution in [0, 0.1) is 11.8 Å². The van der Waals surface area contributed by atoms with Gasteiger partial charge in [-0.05, 0) is 60.0 Å². The Hall–Kier alpha value is -5.44. The van der Waals surface area contributed by atoms with Gasteiger partial charge in [-0.2, -0.15) is 0 Å². The quantitative estimate of drug-likeness (QED) is 0.266. The molecule has 2 atom stereocenters. The molecule has 45 heavy (non-hydrogen) atoms. The van der Waals surface area contributed by atoms with E-state index in [1.54, 1.807) is 110 Å². The number of primary amides is 1. The number of amides is 4. The molecule has 2 N–H and O–H groups in total. The van der Waals surface area contributed by atoms with Crippen molar-refractivity contribution in [3.05, 3.63) is 120 Å². The van der Waals surface area contributed by atoms with Gasteiger partial charge in [-0.3, -0.25) is 29.0 Å². The number of para-hydroxylation sites is 3. The van der Waals surface area contributed by atoms with Crippen molar-refractivity contribution >= 4 is 40.7 Å². The predicted molar refractivity (Wildman–Crippen MR) is 173 cm³/mol. The summed E-state index contributed by atoms with van der Waals surface area (Å²) in [6, 6.07) is 31.4. The Balaban J connectivity index is 1.76. The largest absolute Gasteiger partial charge is 0.497 e. The van der Waals surface area contributed by atoms with Crippen LogP contribution in [-0.2, 0) is 19.9 Å². The fourth-order valence-electron chi connectivity index (χ4n) is 6.12. The molecule has 0 fully saturated rings. The van der Waals surface area contributed by atoms with Crippen molar-refractivity contribution in [2.24, 2.45) is 17.6 Å². The minimum Gasteiger partial charge on any atom is -0.497 e. The van der Waals surface area contributed by atoms with Gasteiger partial charge in [0.15, 0.2) is 5.54 Å². The van der Waals surface area contributed by atoms with E-state index in [0.29, 0.717) is 33.9 Å². The maximum atomic E-state index is 15.1. The van der Waals surface area contributed by atoms with Gasteiger partial charge in [-0.25, -0.2) is 0 Å². The van der Waals surface area contributed by atoms with Crippen LogP contribution in [0.2, 0.25) is 0 Å². The molecule has 1 aliphatic heterocycles. The molecule has 0 saturated carbocycles. The number of nitrogens with zero attached hydrogens (tertiary/aromatic N) is 3. The van der Waals surface area contributed by atoms with Crippen LogP contribution in [0.15, 0.2) is 109 Å². The van der Waals surface area contributed by atoms with Crippen molar-refractivity contribution in [2.75, 3.05) is 30.5 Å². The van der Waals surface area contributed by atoms with E-state index in [4.69, 9.17) is 10.5 Å². The number of nitrogens with two attached hydrogens (primary N) is 1. The summed E-state index contributed by atoms with van der Waals surface area (Å²) >= 11 is 0. The zero-order valence-corrected chi connectivity index (χ0v) is 25.7. The molecule has 0 radical (unpaired) electrons. The second-order valence-corrected chi connectivity index (χ2v) is 11.3. The van der Waals surface area contributed by atoms with Crippen molar-refractivity contribution < 1.29 is 23.9 Å². The predicted octanol–water partition coefficient (Wildman–Crippen LogP) is 5.13. The second kappa shape index (κ2) is 12.7. The molecule has 5 rings (SSSR count). The third-order valence-electron chi connectivity index (χ3n) is 8.33. The van der Waals surface area contributed by atoms with E-state index in [1.807, 2.05) is 19.9 Å². The molecule has 4 aromatic carbocycles. The summed E-state index contributed by atoms with van der Waals surface area (Å²) in [6.07, 6.45) is 0. The van der Waals surface area contributed by atoms with Crippen LogP contribution in [0.1, 0.15) is 29.8 Å². The van der Waals surface area contributed by atoms with Gasteiger partial charge in [-0.15, -0.1) is 0 Å². The zero-order chi connectivity index (χ0) is 32.3. The van der Waals surface area contributed by atoms with Gasteiger partial charge in [0.05, 0.1) is 18.5 Å². The van der Waals surface area contributed by atoms with Gasteiger partial charge in [0.1, 0.15) is 11.7 Å². The van der Waals surface area contributed by atoms with Gasteiger partial charge >= 0.3 is 0 Å². The molecule has 1 heterocycles. The van der Waals surface area contributed by atoms with Crippen LogP contribution < -0.4 is 20.3 Å². The highest BCUT2D eigenvalue weighted by Crippen LogP contribution is 2.47. The van der Waals surface area contributed by atoms with Gasteiger partial charge in [0.25, 0.3) is 5.91 Å². The number of carbonyl (C=O) groups excluding carboxylic acids is 4. The Labute approximate surface area is 262 Å². The molecule has 4 amide bonds. The number of hydrogen-bond donors (Lipinski definition) is 1. The molecular formula is C36H36N4O5. The third-order valence-corrected chi connectivity index (χ3v) is 8.33. The van der Waals surface area contributed by atoms with E-state index in [0.717, 1.165) is 0 Å². The number of carbonyl (C=O) groups is 4. The van der Waals surface area contributed by atoms with Gasteiger partial charge in [0, 0.05) is 24.8 Å². The van der Waals surface area contributed by atoms with Gasteiger partial charge in [-0.1, -0.05) is 74.5 Å². The molecule has 9 heteroatoms. The van der Waals surface area contributed by atoms with E-state index in [9.17, 15) is 14.4 Å². The molecule has 0 bridgehead atoms. The maximum absolute atomic E-state index is 15.1. The number of fused-ring (bicyclic) bond motifs is 1. The fraction of sp³-hybridized carbons (Fsp3) is 0.222. The monoisotopic (exact) mass is 604 g/mol. The van der Waals surface area contributed by atoms with Crippen LogP contribution in [0.5, 0.6) is 5.75 Å².